The molecule has 3 rings (SSSR count). The van der Waals surface area contributed by atoms with E-state index in [1.165, 1.54) is 55.2 Å². The van der Waals surface area contributed by atoms with Crippen molar-refractivity contribution in [1.82, 2.24) is 9.97 Å². The summed E-state index contributed by atoms with van der Waals surface area (Å²) in [6.07, 6.45) is 14.8. The summed E-state index contributed by atoms with van der Waals surface area (Å²) in [6, 6.07) is 0. The molecule has 0 amide bonds. The van der Waals surface area contributed by atoms with Gasteiger partial charge in [0, 0.05) is 13.6 Å². The third-order valence-electron chi connectivity index (χ3n) is 7.17. The maximum Gasteiger partial charge on any atom is 0.159 e. The molecule has 0 radical (unpaired) electrons. The molecule has 2 heterocycles. The Hall–Kier alpha value is -2.30. The molecule has 1 fully saturated rings. The molecule has 1 atom stereocenters. The Bertz CT molecular complexity index is 851. The van der Waals surface area contributed by atoms with Crippen LogP contribution < -0.4 is 15.5 Å². The van der Waals surface area contributed by atoms with Crippen molar-refractivity contribution in [2.75, 3.05) is 35.8 Å². The molecule has 1 saturated carbocycles. The second kappa shape index (κ2) is 9.88. The summed E-state index contributed by atoms with van der Waals surface area (Å²) in [4.78, 5) is 12.9. The van der Waals surface area contributed by atoms with Gasteiger partial charge in [-0.15, -0.1) is 0 Å². The zero-order valence-electron chi connectivity index (χ0n) is 20.2. The first kappa shape index (κ1) is 23.4. The predicted molar refractivity (Wildman–Crippen MR) is 133 cm³/mol. The van der Waals surface area contributed by atoms with Crippen LogP contribution in [0.3, 0.4) is 0 Å². The van der Waals surface area contributed by atoms with Gasteiger partial charge in [0.05, 0.1) is 6.67 Å². The molecule has 5 heteroatoms. The minimum absolute atomic E-state index is 0.408. The molecule has 1 aromatic rings. The van der Waals surface area contributed by atoms with Crippen LogP contribution in [0.2, 0.25) is 0 Å². The number of nitrogen functional groups attached to an aromatic ring is 1. The molecule has 2 aliphatic rings. The molecule has 2 N–H and O–H groups in total. The molecule has 0 aromatic carbocycles. The van der Waals surface area contributed by atoms with Crippen molar-refractivity contribution in [3.05, 3.63) is 41.8 Å². The smallest absolute Gasteiger partial charge is 0.159 e. The van der Waals surface area contributed by atoms with E-state index < -0.39 is 0 Å². The van der Waals surface area contributed by atoms with Crippen molar-refractivity contribution in [2.45, 2.75) is 72.6 Å². The normalized spacial score (nSPS) is 21.6. The SMILES string of the molecule is C=C1CCCC(C)(C)[C@H]1CC/C(C)=C\CC/C(C)=C\CN1CN(C)c2ncnc(N)c21. The van der Waals surface area contributed by atoms with E-state index in [9.17, 15) is 0 Å². The van der Waals surface area contributed by atoms with Gasteiger partial charge in [-0.05, 0) is 70.1 Å². The van der Waals surface area contributed by atoms with E-state index in [-0.39, 0.29) is 0 Å². The van der Waals surface area contributed by atoms with Crippen LogP contribution >= 0.6 is 0 Å². The number of hydrogen-bond donors (Lipinski definition) is 1. The average Bonchev–Trinajstić information content (AvgIpc) is 3.02. The minimum Gasteiger partial charge on any atom is -0.382 e. The molecule has 31 heavy (non-hydrogen) atoms. The van der Waals surface area contributed by atoms with Crippen molar-refractivity contribution in [1.29, 1.82) is 0 Å². The van der Waals surface area contributed by atoms with E-state index in [1.807, 2.05) is 7.05 Å². The van der Waals surface area contributed by atoms with Crippen LogP contribution in [0, 0.1) is 11.3 Å². The largest absolute Gasteiger partial charge is 0.382 e. The number of rotatable bonds is 8. The summed E-state index contributed by atoms with van der Waals surface area (Å²) < 4.78 is 0. The van der Waals surface area contributed by atoms with E-state index in [0.29, 0.717) is 17.2 Å². The van der Waals surface area contributed by atoms with E-state index >= 15 is 0 Å². The van der Waals surface area contributed by atoms with Crippen LogP contribution in [0.15, 0.2) is 41.8 Å². The van der Waals surface area contributed by atoms with E-state index in [0.717, 1.165) is 37.6 Å². The van der Waals surface area contributed by atoms with Crippen LogP contribution in [0.4, 0.5) is 17.3 Å². The lowest BCUT2D eigenvalue weighted by Crippen LogP contribution is -2.29. The fourth-order valence-corrected chi connectivity index (χ4v) is 5.16. The molecule has 0 unspecified atom stereocenters. The molecule has 1 aromatic heterocycles. The molecule has 1 aliphatic heterocycles. The third-order valence-corrected chi connectivity index (χ3v) is 7.17. The summed E-state index contributed by atoms with van der Waals surface area (Å²) >= 11 is 0. The van der Waals surface area contributed by atoms with Gasteiger partial charge in [0.2, 0.25) is 0 Å². The predicted octanol–water partition coefficient (Wildman–Crippen LogP) is 6.11. The van der Waals surface area contributed by atoms with Gasteiger partial charge >= 0.3 is 0 Å². The lowest BCUT2D eigenvalue weighted by Gasteiger charge is -2.40. The quantitative estimate of drug-likeness (QED) is 0.511. The topological polar surface area (TPSA) is 58.3 Å². The van der Waals surface area contributed by atoms with E-state index in [4.69, 9.17) is 5.73 Å². The van der Waals surface area contributed by atoms with Gasteiger partial charge in [0.25, 0.3) is 0 Å². The first-order chi connectivity index (χ1) is 14.7. The monoisotopic (exact) mass is 423 g/mol. The second-order valence-electron chi connectivity index (χ2n) is 10.2. The summed E-state index contributed by atoms with van der Waals surface area (Å²) in [5.41, 5.74) is 11.9. The van der Waals surface area contributed by atoms with Crippen molar-refractivity contribution < 1.29 is 0 Å². The van der Waals surface area contributed by atoms with Gasteiger partial charge in [-0.2, -0.15) is 0 Å². The highest BCUT2D eigenvalue weighted by Crippen LogP contribution is 2.45. The average molecular weight is 424 g/mol. The van der Waals surface area contributed by atoms with Crippen molar-refractivity contribution in [2.24, 2.45) is 11.3 Å². The Kier molecular flexibility index (Phi) is 7.45. The van der Waals surface area contributed by atoms with Gasteiger partial charge in [0.15, 0.2) is 11.6 Å². The molecule has 5 nitrogen and oxygen atoms in total. The molecule has 0 bridgehead atoms. The highest BCUT2D eigenvalue weighted by atomic mass is 15.4. The van der Waals surface area contributed by atoms with Crippen LogP contribution in [-0.2, 0) is 0 Å². The Labute approximate surface area is 189 Å². The van der Waals surface area contributed by atoms with Crippen LogP contribution in [0.5, 0.6) is 0 Å². The highest BCUT2D eigenvalue weighted by molar-refractivity contribution is 5.81. The number of nitrogens with zero attached hydrogens (tertiary/aromatic N) is 4. The van der Waals surface area contributed by atoms with Gasteiger partial charge in [-0.1, -0.05) is 49.3 Å². The summed E-state index contributed by atoms with van der Waals surface area (Å²) in [5, 5.41) is 0. The number of anilines is 3. The Morgan fingerprint density at radius 1 is 1.23 bits per heavy atom. The van der Waals surface area contributed by atoms with E-state index in [1.54, 1.807) is 0 Å². The van der Waals surface area contributed by atoms with Crippen molar-refractivity contribution in [3.8, 4) is 0 Å². The number of aromatic nitrogens is 2. The van der Waals surface area contributed by atoms with Crippen LogP contribution in [0.25, 0.3) is 0 Å². The van der Waals surface area contributed by atoms with Gasteiger partial charge in [-0.3, -0.25) is 0 Å². The standard InChI is InChI=1S/C26H41N5/c1-19(12-13-22-21(3)11-8-15-26(22,4)5)9-7-10-20(2)14-16-31-18-30(6)25-23(31)24(27)28-17-29-25/h9,14,17,22H,3,7-8,10-13,15-16,18H2,1-2,4-6H3,(H2,27,28,29)/b19-9-,20-14-/t22-/m0/s1. The van der Waals surface area contributed by atoms with Crippen molar-refractivity contribution >= 4 is 17.3 Å². The van der Waals surface area contributed by atoms with Gasteiger partial charge < -0.3 is 15.5 Å². The maximum atomic E-state index is 6.10. The first-order valence-corrected chi connectivity index (χ1v) is 11.7. The summed E-state index contributed by atoms with van der Waals surface area (Å²) in [5.74, 6) is 2.15. The Morgan fingerprint density at radius 2 is 1.97 bits per heavy atom. The fraction of sp³-hybridized carbons (Fsp3) is 0.615. The minimum atomic E-state index is 0.408. The van der Waals surface area contributed by atoms with Gasteiger partial charge in [-0.25, -0.2) is 9.97 Å². The second-order valence-corrected chi connectivity index (χ2v) is 10.2. The van der Waals surface area contributed by atoms with Crippen molar-refractivity contribution in [3.63, 3.8) is 0 Å². The molecule has 0 saturated heterocycles. The molecule has 170 valence electrons. The molecule has 0 spiro atoms. The maximum absolute atomic E-state index is 6.10. The van der Waals surface area contributed by atoms with Crippen LogP contribution in [-0.4, -0.2) is 30.2 Å². The zero-order chi connectivity index (χ0) is 22.6. The molecular weight excluding hydrogens is 382 g/mol. The summed E-state index contributed by atoms with van der Waals surface area (Å²) in [7, 11) is 2.04. The number of hydrogen-bond acceptors (Lipinski definition) is 5. The van der Waals surface area contributed by atoms with Gasteiger partial charge in [0.1, 0.15) is 12.0 Å². The Balaban J connectivity index is 1.46. The zero-order valence-corrected chi connectivity index (χ0v) is 20.2. The first-order valence-electron chi connectivity index (χ1n) is 11.7. The van der Waals surface area contributed by atoms with Crippen LogP contribution in [0.1, 0.15) is 72.6 Å². The lowest BCUT2D eigenvalue weighted by molar-refractivity contribution is 0.180. The number of fused-ring (bicyclic) bond motifs is 1. The summed E-state index contributed by atoms with van der Waals surface area (Å²) in [6.45, 7) is 15.4. The third kappa shape index (κ3) is 5.69. The fourth-order valence-electron chi connectivity index (χ4n) is 5.16. The lowest BCUT2D eigenvalue weighted by atomic mass is 9.65. The number of nitrogens with two attached hydrogens (primary N) is 1. The molecule has 1 aliphatic carbocycles. The highest BCUT2D eigenvalue weighted by Gasteiger charge is 2.33. The molecular formula is C26H41N5. The number of allylic oxidation sites excluding steroid dienone is 4. The Morgan fingerprint density at radius 3 is 2.71 bits per heavy atom. The van der Waals surface area contributed by atoms with E-state index in [2.05, 4.69) is 66.2 Å².